The SMILES string of the molecule is O=C(C1CCCCCC1)N1CCCC(Cn2cc(C3CC3)nn2)C1. The zero-order valence-electron chi connectivity index (χ0n) is 14.7. The molecule has 24 heavy (non-hydrogen) atoms. The van der Waals surface area contributed by atoms with Crippen molar-refractivity contribution in [2.75, 3.05) is 13.1 Å². The molecule has 1 aromatic rings. The van der Waals surface area contributed by atoms with Gasteiger partial charge in [-0.3, -0.25) is 9.48 Å². The number of piperidine rings is 1. The second-order valence-electron chi connectivity index (χ2n) is 8.12. The third-order valence-corrected chi connectivity index (χ3v) is 6.03. The summed E-state index contributed by atoms with van der Waals surface area (Å²) >= 11 is 0. The van der Waals surface area contributed by atoms with Gasteiger partial charge in [0.05, 0.1) is 5.69 Å². The Hall–Kier alpha value is -1.39. The Morgan fingerprint density at radius 3 is 2.58 bits per heavy atom. The summed E-state index contributed by atoms with van der Waals surface area (Å²) in [4.78, 5) is 15.1. The topological polar surface area (TPSA) is 51.0 Å². The first kappa shape index (κ1) is 16.1. The summed E-state index contributed by atoms with van der Waals surface area (Å²) in [5.74, 6) is 1.92. The molecular weight excluding hydrogens is 300 g/mol. The minimum absolute atomic E-state index is 0.291. The summed E-state index contributed by atoms with van der Waals surface area (Å²) in [5, 5.41) is 8.62. The van der Waals surface area contributed by atoms with Crippen LogP contribution in [-0.4, -0.2) is 38.9 Å². The molecule has 4 rings (SSSR count). The molecule has 1 saturated heterocycles. The van der Waals surface area contributed by atoms with Crippen LogP contribution >= 0.6 is 0 Å². The molecule has 2 heterocycles. The molecule has 0 spiro atoms. The van der Waals surface area contributed by atoms with E-state index in [1.807, 2.05) is 4.68 Å². The smallest absolute Gasteiger partial charge is 0.225 e. The Morgan fingerprint density at radius 1 is 1.04 bits per heavy atom. The van der Waals surface area contributed by atoms with E-state index in [-0.39, 0.29) is 0 Å². The highest BCUT2D eigenvalue weighted by Gasteiger charge is 2.30. The van der Waals surface area contributed by atoms with Crippen LogP contribution in [0.15, 0.2) is 6.20 Å². The number of nitrogens with zero attached hydrogens (tertiary/aromatic N) is 4. The van der Waals surface area contributed by atoms with Gasteiger partial charge in [-0.05, 0) is 44.4 Å². The molecule has 1 aromatic heterocycles. The van der Waals surface area contributed by atoms with Gasteiger partial charge in [0.25, 0.3) is 0 Å². The second kappa shape index (κ2) is 7.24. The van der Waals surface area contributed by atoms with Gasteiger partial charge in [-0.2, -0.15) is 0 Å². The van der Waals surface area contributed by atoms with E-state index in [1.54, 1.807) is 0 Å². The fourth-order valence-corrected chi connectivity index (χ4v) is 4.43. The molecular formula is C19H30N4O. The van der Waals surface area contributed by atoms with Crippen LogP contribution in [0.5, 0.6) is 0 Å². The van der Waals surface area contributed by atoms with E-state index in [4.69, 9.17) is 0 Å². The number of carbonyl (C=O) groups is 1. The van der Waals surface area contributed by atoms with Gasteiger partial charge in [0.15, 0.2) is 0 Å². The molecule has 1 amide bonds. The Kier molecular flexibility index (Phi) is 4.86. The quantitative estimate of drug-likeness (QED) is 0.795. The first-order valence-electron chi connectivity index (χ1n) is 9.98. The summed E-state index contributed by atoms with van der Waals surface area (Å²) < 4.78 is 2.01. The van der Waals surface area contributed by atoms with E-state index < -0.39 is 0 Å². The van der Waals surface area contributed by atoms with Crippen molar-refractivity contribution in [3.8, 4) is 0 Å². The van der Waals surface area contributed by atoms with Crippen molar-refractivity contribution in [3.63, 3.8) is 0 Å². The lowest BCUT2D eigenvalue weighted by atomic mass is 9.94. The number of aromatic nitrogens is 3. The maximum Gasteiger partial charge on any atom is 0.225 e. The standard InChI is InChI=1S/C19H30N4O/c24-19(17-7-3-1-2-4-8-17)22-11-5-6-15(12-22)13-23-14-18(20-21-23)16-9-10-16/h14-17H,1-13H2. The number of rotatable bonds is 4. The van der Waals surface area contributed by atoms with Crippen LogP contribution in [0, 0.1) is 11.8 Å². The summed E-state index contributed by atoms with van der Waals surface area (Å²) in [5.41, 5.74) is 1.16. The zero-order valence-corrected chi connectivity index (χ0v) is 14.7. The number of hydrogen-bond acceptors (Lipinski definition) is 3. The molecule has 3 fully saturated rings. The molecule has 2 saturated carbocycles. The van der Waals surface area contributed by atoms with Crippen molar-refractivity contribution in [1.82, 2.24) is 19.9 Å². The van der Waals surface area contributed by atoms with Gasteiger partial charge >= 0.3 is 0 Å². The first-order valence-corrected chi connectivity index (χ1v) is 9.98. The molecule has 5 heteroatoms. The Balaban J connectivity index is 1.33. The van der Waals surface area contributed by atoms with Gasteiger partial charge in [0, 0.05) is 37.7 Å². The first-order chi connectivity index (χ1) is 11.8. The van der Waals surface area contributed by atoms with Crippen molar-refractivity contribution in [2.45, 2.75) is 76.7 Å². The lowest BCUT2D eigenvalue weighted by Crippen LogP contribution is -2.44. The maximum absolute atomic E-state index is 12.9. The van der Waals surface area contributed by atoms with Crippen molar-refractivity contribution < 1.29 is 4.79 Å². The predicted octanol–water partition coefficient (Wildman–Crippen LogP) is 3.36. The molecule has 3 aliphatic rings. The summed E-state index contributed by atoms with van der Waals surface area (Å²) in [6, 6.07) is 0. The molecule has 1 aliphatic heterocycles. The number of hydrogen-bond donors (Lipinski definition) is 0. The minimum Gasteiger partial charge on any atom is -0.342 e. The highest BCUT2D eigenvalue weighted by atomic mass is 16.2. The average molecular weight is 330 g/mol. The average Bonchev–Trinajstić information content (AvgIpc) is 3.40. The van der Waals surface area contributed by atoms with Crippen LogP contribution in [0.3, 0.4) is 0 Å². The van der Waals surface area contributed by atoms with Crippen LogP contribution in [0.25, 0.3) is 0 Å². The van der Waals surface area contributed by atoms with Gasteiger partial charge in [-0.15, -0.1) is 5.10 Å². The van der Waals surface area contributed by atoms with E-state index in [1.165, 1.54) is 44.9 Å². The van der Waals surface area contributed by atoms with Gasteiger partial charge in [-0.25, -0.2) is 0 Å². The van der Waals surface area contributed by atoms with E-state index >= 15 is 0 Å². The van der Waals surface area contributed by atoms with E-state index in [0.29, 0.717) is 23.7 Å². The van der Waals surface area contributed by atoms with Crippen LogP contribution in [0.4, 0.5) is 0 Å². The van der Waals surface area contributed by atoms with Gasteiger partial charge in [0.1, 0.15) is 0 Å². The lowest BCUT2D eigenvalue weighted by molar-refractivity contribution is -0.138. The predicted molar refractivity (Wildman–Crippen MR) is 92.5 cm³/mol. The van der Waals surface area contributed by atoms with E-state index in [2.05, 4.69) is 21.4 Å². The number of likely N-dealkylation sites (tertiary alicyclic amines) is 1. The molecule has 5 nitrogen and oxygen atoms in total. The van der Waals surface area contributed by atoms with Crippen LogP contribution in [0.2, 0.25) is 0 Å². The summed E-state index contributed by atoms with van der Waals surface area (Å²) in [7, 11) is 0. The van der Waals surface area contributed by atoms with Crippen LogP contribution < -0.4 is 0 Å². The molecule has 0 aromatic carbocycles. The van der Waals surface area contributed by atoms with Crippen molar-refractivity contribution >= 4 is 5.91 Å². The fraction of sp³-hybridized carbons (Fsp3) is 0.842. The Bertz CT molecular complexity index is 557. The molecule has 132 valence electrons. The molecule has 0 bridgehead atoms. The summed E-state index contributed by atoms with van der Waals surface area (Å²) in [6.45, 7) is 2.78. The number of amides is 1. The summed E-state index contributed by atoms with van der Waals surface area (Å²) in [6.07, 6.45) is 14.3. The minimum atomic E-state index is 0.291. The largest absolute Gasteiger partial charge is 0.342 e. The van der Waals surface area contributed by atoms with Crippen LogP contribution in [-0.2, 0) is 11.3 Å². The van der Waals surface area contributed by atoms with Crippen LogP contribution in [0.1, 0.15) is 75.8 Å². The highest BCUT2D eigenvalue weighted by Crippen LogP contribution is 2.38. The van der Waals surface area contributed by atoms with Crippen molar-refractivity contribution in [3.05, 3.63) is 11.9 Å². The molecule has 0 N–H and O–H groups in total. The van der Waals surface area contributed by atoms with Gasteiger partial charge in [0.2, 0.25) is 5.91 Å². The van der Waals surface area contributed by atoms with E-state index in [0.717, 1.165) is 44.6 Å². The molecule has 2 aliphatic carbocycles. The second-order valence-corrected chi connectivity index (χ2v) is 8.12. The van der Waals surface area contributed by atoms with Gasteiger partial charge < -0.3 is 4.90 Å². The van der Waals surface area contributed by atoms with Crippen molar-refractivity contribution in [1.29, 1.82) is 0 Å². The zero-order chi connectivity index (χ0) is 16.4. The van der Waals surface area contributed by atoms with Gasteiger partial charge in [-0.1, -0.05) is 30.9 Å². The van der Waals surface area contributed by atoms with E-state index in [9.17, 15) is 4.79 Å². The lowest BCUT2D eigenvalue weighted by Gasteiger charge is -2.34. The third-order valence-electron chi connectivity index (χ3n) is 6.03. The Morgan fingerprint density at radius 2 is 1.83 bits per heavy atom. The monoisotopic (exact) mass is 330 g/mol. The maximum atomic E-state index is 12.9. The molecule has 1 unspecified atom stereocenters. The Labute approximate surface area is 144 Å². The molecule has 1 atom stereocenters. The van der Waals surface area contributed by atoms with Crippen molar-refractivity contribution in [2.24, 2.45) is 11.8 Å². The fourth-order valence-electron chi connectivity index (χ4n) is 4.43. The third kappa shape index (κ3) is 3.81. The molecule has 0 radical (unpaired) electrons. The normalized spacial score (nSPS) is 26.3. The number of carbonyl (C=O) groups excluding carboxylic acids is 1. The highest BCUT2D eigenvalue weighted by molar-refractivity contribution is 5.79.